The van der Waals surface area contributed by atoms with Crippen LogP contribution < -0.4 is 4.74 Å². The van der Waals surface area contributed by atoms with Crippen LogP contribution in [0.5, 0.6) is 5.75 Å². The molecule has 0 spiro atoms. The molecule has 1 aromatic rings. The molecule has 4 rings (SSSR count). The van der Waals surface area contributed by atoms with Crippen LogP contribution in [-0.4, -0.2) is 18.0 Å². The van der Waals surface area contributed by atoms with Gasteiger partial charge in [0.25, 0.3) is 0 Å². The van der Waals surface area contributed by atoms with Crippen LogP contribution in [0.2, 0.25) is 0 Å². The molecule has 4 nitrogen and oxygen atoms in total. The van der Waals surface area contributed by atoms with E-state index in [4.69, 9.17) is 9.47 Å². The van der Waals surface area contributed by atoms with Gasteiger partial charge >= 0.3 is 11.9 Å². The van der Waals surface area contributed by atoms with Crippen molar-refractivity contribution in [3.05, 3.63) is 34.9 Å². The molecule has 1 fully saturated rings. The first kappa shape index (κ1) is 17.3. The van der Waals surface area contributed by atoms with Crippen molar-refractivity contribution in [3.8, 4) is 5.75 Å². The summed E-state index contributed by atoms with van der Waals surface area (Å²) in [5.74, 6) is 0.703. The Labute approximate surface area is 154 Å². The molecule has 26 heavy (non-hydrogen) atoms. The summed E-state index contributed by atoms with van der Waals surface area (Å²) in [6.45, 7) is 5.25. The smallest absolute Gasteiger partial charge is 0.308 e. The molecule has 0 bridgehead atoms. The maximum Gasteiger partial charge on any atom is 0.308 e. The summed E-state index contributed by atoms with van der Waals surface area (Å²) in [5.41, 5.74) is 5.72. The van der Waals surface area contributed by atoms with Crippen LogP contribution in [0.15, 0.2) is 23.8 Å². The number of carbonyl (C=O) groups excluding carboxylic acids is 2. The van der Waals surface area contributed by atoms with Crippen LogP contribution in [0.4, 0.5) is 0 Å². The quantitative estimate of drug-likeness (QED) is 0.581. The summed E-state index contributed by atoms with van der Waals surface area (Å²) in [6.07, 6.45) is 6.24. The summed E-state index contributed by atoms with van der Waals surface area (Å²) in [5, 5.41) is 0. The van der Waals surface area contributed by atoms with Crippen LogP contribution in [0.1, 0.15) is 64.0 Å². The van der Waals surface area contributed by atoms with Crippen molar-refractivity contribution in [1.29, 1.82) is 0 Å². The first-order valence-corrected chi connectivity index (χ1v) is 9.59. The third-order valence-electron chi connectivity index (χ3n) is 6.61. The standard InChI is InChI=1S/C22H26O4/c1-13(23)25-16-5-7-17-15(12-16)4-6-19-18(17)10-11-22(3)20(19)8-9-21(22)26-14(2)24/h5,7,12,20-21H,4,6,8-11H2,1-3H3/t20-,21+,22-/m0/s1. The molecular formula is C22H26O4. The van der Waals surface area contributed by atoms with Gasteiger partial charge in [-0.25, -0.2) is 0 Å². The Bertz CT molecular complexity index is 806. The minimum atomic E-state index is -0.281. The maximum atomic E-state index is 11.5. The molecule has 0 aliphatic heterocycles. The average Bonchev–Trinajstić information content (AvgIpc) is 2.90. The maximum absolute atomic E-state index is 11.5. The van der Waals surface area contributed by atoms with E-state index in [1.807, 2.05) is 12.1 Å². The molecule has 3 atom stereocenters. The Morgan fingerprint density at radius 3 is 2.62 bits per heavy atom. The topological polar surface area (TPSA) is 52.6 Å². The number of carbonyl (C=O) groups is 2. The largest absolute Gasteiger partial charge is 0.462 e. The fourth-order valence-electron chi connectivity index (χ4n) is 5.47. The third kappa shape index (κ3) is 2.76. The molecule has 0 unspecified atom stereocenters. The Balaban J connectivity index is 1.66. The molecule has 3 aliphatic rings. The van der Waals surface area contributed by atoms with E-state index < -0.39 is 0 Å². The highest BCUT2D eigenvalue weighted by atomic mass is 16.5. The zero-order valence-corrected chi connectivity index (χ0v) is 15.8. The van der Waals surface area contributed by atoms with Crippen molar-refractivity contribution in [3.63, 3.8) is 0 Å². The monoisotopic (exact) mass is 354 g/mol. The van der Waals surface area contributed by atoms with E-state index in [9.17, 15) is 9.59 Å². The van der Waals surface area contributed by atoms with E-state index >= 15 is 0 Å². The lowest BCUT2D eigenvalue weighted by molar-refractivity contribution is -0.152. The van der Waals surface area contributed by atoms with Crippen molar-refractivity contribution in [2.75, 3.05) is 0 Å². The van der Waals surface area contributed by atoms with E-state index in [2.05, 4.69) is 13.0 Å². The molecule has 0 aromatic heterocycles. The molecule has 3 aliphatic carbocycles. The summed E-state index contributed by atoms with van der Waals surface area (Å²) in [7, 11) is 0. The SMILES string of the molecule is CC(=O)Oc1ccc2c(c1)CCC1=C2CC[C@]2(C)[C@H](OC(C)=O)CC[C@@H]12. The van der Waals surface area contributed by atoms with Crippen LogP contribution in [0.25, 0.3) is 5.57 Å². The van der Waals surface area contributed by atoms with E-state index in [-0.39, 0.29) is 23.5 Å². The highest BCUT2D eigenvalue weighted by molar-refractivity contribution is 5.76. The lowest BCUT2D eigenvalue weighted by Gasteiger charge is -2.44. The molecule has 0 saturated heterocycles. The Kier molecular flexibility index (Phi) is 4.17. The fraction of sp³-hybridized carbons (Fsp3) is 0.545. The summed E-state index contributed by atoms with van der Waals surface area (Å²) >= 11 is 0. The van der Waals surface area contributed by atoms with Gasteiger partial charge in [-0.05, 0) is 73.3 Å². The zero-order chi connectivity index (χ0) is 18.5. The molecule has 1 saturated carbocycles. The van der Waals surface area contributed by atoms with E-state index in [0.29, 0.717) is 11.7 Å². The molecular weight excluding hydrogens is 328 g/mol. The molecule has 1 aromatic carbocycles. The summed E-state index contributed by atoms with van der Waals surface area (Å²) in [6, 6.07) is 6.04. The van der Waals surface area contributed by atoms with Crippen LogP contribution >= 0.6 is 0 Å². The van der Waals surface area contributed by atoms with Crippen molar-refractivity contribution in [1.82, 2.24) is 0 Å². The van der Waals surface area contributed by atoms with Gasteiger partial charge in [-0.2, -0.15) is 0 Å². The number of allylic oxidation sites excluding steroid dienone is 2. The molecule has 138 valence electrons. The van der Waals surface area contributed by atoms with Gasteiger partial charge in [0, 0.05) is 19.3 Å². The Morgan fingerprint density at radius 2 is 1.88 bits per heavy atom. The first-order valence-electron chi connectivity index (χ1n) is 9.59. The van der Waals surface area contributed by atoms with Crippen LogP contribution in [0.3, 0.4) is 0 Å². The van der Waals surface area contributed by atoms with Crippen LogP contribution in [-0.2, 0) is 20.7 Å². The fourth-order valence-corrected chi connectivity index (χ4v) is 5.47. The number of aryl methyl sites for hydroxylation is 1. The minimum absolute atomic E-state index is 0.0480. The Morgan fingerprint density at radius 1 is 1.08 bits per heavy atom. The number of rotatable bonds is 2. The molecule has 0 radical (unpaired) electrons. The van der Waals surface area contributed by atoms with Gasteiger partial charge < -0.3 is 9.47 Å². The van der Waals surface area contributed by atoms with Gasteiger partial charge in [0.1, 0.15) is 11.9 Å². The van der Waals surface area contributed by atoms with E-state index in [1.54, 1.807) is 5.57 Å². The van der Waals surface area contributed by atoms with Gasteiger partial charge in [-0.3, -0.25) is 9.59 Å². The van der Waals surface area contributed by atoms with Crippen molar-refractivity contribution in [2.45, 2.75) is 65.4 Å². The highest BCUT2D eigenvalue weighted by Crippen LogP contribution is 2.58. The van der Waals surface area contributed by atoms with Crippen LogP contribution in [0, 0.1) is 11.3 Å². The first-order chi connectivity index (χ1) is 12.4. The van der Waals surface area contributed by atoms with E-state index in [1.165, 1.54) is 30.5 Å². The van der Waals surface area contributed by atoms with Gasteiger partial charge in [0.15, 0.2) is 0 Å². The second-order valence-electron chi connectivity index (χ2n) is 8.15. The van der Waals surface area contributed by atoms with Gasteiger partial charge in [0.2, 0.25) is 0 Å². The van der Waals surface area contributed by atoms with Gasteiger partial charge in [-0.1, -0.05) is 18.6 Å². The molecule has 4 heteroatoms. The second kappa shape index (κ2) is 6.26. The lowest BCUT2D eigenvalue weighted by Crippen LogP contribution is -2.39. The number of esters is 2. The number of fused-ring (bicyclic) bond motifs is 4. The molecule has 0 N–H and O–H groups in total. The highest BCUT2D eigenvalue weighted by Gasteiger charge is 2.52. The number of hydrogen-bond acceptors (Lipinski definition) is 4. The van der Waals surface area contributed by atoms with Crippen molar-refractivity contribution < 1.29 is 19.1 Å². The van der Waals surface area contributed by atoms with Crippen molar-refractivity contribution >= 4 is 17.5 Å². The van der Waals surface area contributed by atoms with Crippen molar-refractivity contribution in [2.24, 2.45) is 11.3 Å². The Hall–Kier alpha value is -2.10. The normalized spacial score (nSPS) is 29.5. The predicted octanol–water partition coefficient (Wildman–Crippen LogP) is 4.45. The average molecular weight is 354 g/mol. The molecule has 0 amide bonds. The number of hydrogen-bond donors (Lipinski definition) is 0. The van der Waals surface area contributed by atoms with E-state index in [0.717, 1.165) is 38.5 Å². The van der Waals surface area contributed by atoms with Gasteiger partial charge in [0.05, 0.1) is 0 Å². The minimum Gasteiger partial charge on any atom is -0.462 e. The lowest BCUT2D eigenvalue weighted by atomic mass is 9.62. The number of benzene rings is 1. The summed E-state index contributed by atoms with van der Waals surface area (Å²) in [4.78, 5) is 22.7. The predicted molar refractivity (Wildman–Crippen MR) is 98.6 cm³/mol. The zero-order valence-electron chi connectivity index (χ0n) is 15.8. The number of ether oxygens (including phenoxy) is 2. The summed E-state index contributed by atoms with van der Waals surface area (Å²) < 4.78 is 10.9. The molecule has 0 heterocycles. The van der Waals surface area contributed by atoms with Gasteiger partial charge in [-0.15, -0.1) is 0 Å². The third-order valence-corrected chi connectivity index (χ3v) is 6.61. The second-order valence-corrected chi connectivity index (χ2v) is 8.15.